The number of fused-ring (bicyclic) bond motifs is 1. The highest BCUT2D eigenvalue weighted by molar-refractivity contribution is 7.88. The lowest BCUT2D eigenvalue weighted by Crippen LogP contribution is -2.54. The monoisotopic (exact) mass is 381 g/mol. The Labute approximate surface area is 142 Å². The third-order valence-corrected chi connectivity index (χ3v) is 8.84. The molecule has 0 amide bonds. The van der Waals surface area contributed by atoms with Gasteiger partial charge in [0.15, 0.2) is 0 Å². The van der Waals surface area contributed by atoms with Crippen molar-refractivity contribution in [2.24, 2.45) is 11.3 Å². The first-order valence-corrected chi connectivity index (χ1v) is 11.3. The Bertz CT molecular complexity index is 729. The summed E-state index contributed by atoms with van der Waals surface area (Å²) in [5, 5.41) is 9.58. The van der Waals surface area contributed by atoms with E-state index >= 15 is 0 Å². The molecule has 138 valence electrons. The molecule has 11 heteroatoms. The first kappa shape index (κ1) is 18.1. The van der Waals surface area contributed by atoms with Gasteiger partial charge in [-0.3, -0.25) is 4.79 Å². The molecular weight excluding hydrogens is 358 g/mol. The van der Waals surface area contributed by atoms with Gasteiger partial charge >= 0.3 is 5.97 Å². The third-order valence-electron chi connectivity index (χ3n) is 5.58. The van der Waals surface area contributed by atoms with Gasteiger partial charge in [0.2, 0.25) is 10.0 Å². The Hall–Kier alpha value is -0.750. The third kappa shape index (κ3) is 2.85. The van der Waals surface area contributed by atoms with E-state index in [1.54, 1.807) is 0 Å². The molecule has 9 nitrogen and oxygen atoms in total. The zero-order chi connectivity index (χ0) is 17.8. The van der Waals surface area contributed by atoms with Gasteiger partial charge in [0, 0.05) is 39.3 Å². The first-order valence-electron chi connectivity index (χ1n) is 8.01. The number of hydrogen-bond acceptors (Lipinski definition) is 5. The molecule has 0 unspecified atom stereocenters. The van der Waals surface area contributed by atoms with E-state index in [2.05, 4.69) is 0 Å². The Morgan fingerprint density at radius 2 is 1.62 bits per heavy atom. The molecule has 0 aromatic rings. The largest absolute Gasteiger partial charge is 0.481 e. The summed E-state index contributed by atoms with van der Waals surface area (Å²) in [4.78, 5) is 11.7. The van der Waals surface area contributed by atoms with Crippen LogP contribution >= 0.6 is 0 Å². The van der Waals surface area contributed by atoms with Crippen LogP contribution in [0.3, 0.4) is 0 Å². The molecule has 1 aliphatic carbocycles. The molecule has 0 aromatic carbocycles. The van der Waals surface area contributed by atoms with Crippen molar-refractivity contribution < 1.29 is 26.7 Å². The van der Waals surface area contributed by atoms with E-state index in [0.717, 1.165) is 19.1 Å². The molecule has 0 radical (unpaired) electrons. The number of sulfonamides is 1. The number of rotatable bonds is 4. The Kier molecular flexibility index (Phi) is 4.44. The molecule has 0 bridgehead atoms. The van der Waals surface area contributed by atoms with Crippen molar-refractivity contribution in [2.45, 2.75) is 19.3 Å². The van der Waals surface area contributed by atoms with E-state index in [9.17, 15) is 26.7 Å². The number of aliphatic carboxylic acids is 1. The summed E-state index contributed by atoms with van der Waals surface area (Å²) in [5.41, 5.74) is -0.957. The van der Waals surface area contributed by atoms with Crippen molar-refractivity contribution in [3.8, 4) is 0 Å². The minimum Gasteiger partial charge on any atom is -0.481 e. The number of carbonyl (C=O) groups is 1. The molecule has 2 aliphatic heterocycles. The highest BCUT2D eigenvalue weighted by Gasteiger charge is 2.57. The maximum atomic E-state index is 12.8. The molecule has 1 saturated carbocycles. The Balaban J connectivity index is 1.73. The van der Waals surface area contributed by atoms with Crippen LogP contribution in [0.1, 0.15) is 19.3 Å². The molecule has 0 spiro atoms. The van der Waals surface area contributed by atoms with E-state index < -0.39 is 31.6 Å². The second-order valence-corrected chi connectivity index (χ2v) is 10.8. The summed E-state index contributed by atoms with van der Waals surface area (Å²) < 4.78 is 52.5. The molecule has 3 fully saturated rings. The molecule has 2 atom stereocenters. The van der Waals surface area contributed by atoms with Gasteiger partial charge in [0.1, 0.15) is 0 Å². The molecular formula is C13H23N3O6S2. The number of hydrogen-bond donors (Lipinski definition) is 1. The minimum absolute atomic E-state index is 0.0155. The fraction of sp³-hybridized carbons (Fsp3) is 0.923. The zero-order valence-corrected chi connectivity index (χ0v) is 15.2. The summed E-state index contributed by atoms with van der Waals surface area (Å²) in [6.07, 6.45) is 3.17. The lowest BCUT2D eigenvalue weighted by atomic mass is 9.81. The maximum Gasteiger partial charge on any atom is 0.311 e. The van der Waals surface area contributed by atoms with Gasteiger partial charge in [0.05, 0.1) is 11.7 Å². The molecule has 3 rings (SSSR count). The van der Waals surface area contributed by atoms with Crippen molar-refractivity contribution in [2.75, 3.05) is 45.5 Å². The molecule has 0 aromatic heterocycles. The predicted molar refractivity (Wildman–Crippen MR) is 85.9 cm³/mol. The summed E-state index contributed by atoms with van der Waals surface area (Å²) in [5.74, 6) is -1.05. The minimum atomic E-state index is -3.76. The second kappa shape index (κ2) is 5.90. The topological polar surface area (TPSA) is 115 Å². The fourth-order valence-corrected chi connectivity index (χ4v) is 6.70. The van der Waals surface area contributed by atoms with Crippen LogP contribution < -0.4 is 0 Å². The number of carboxylic acids is 1. The second-order valence-electron chi connectivity index (χ2n) is 6.91. The van der Waals surface area contributed by atoms with Crippen molar-refractivity contribution in [1.82, 2.24) is 12.9 Å². The molecule has 3 aliphatic rings. The zero-order valence-electron chi connectivity index (χ0n) is 13.6. The lowest BCUT2D eigenvalue weighted by Gasteiger charge is -2.35. The van der Waals surface area contributed by atoms with Crippen molar-refractivity contribution in [3.05, 3.63) is 0 Å². The standard InChI is InChI=1S/C13H23N3O6S2/c1-23(19,20)14-5-7-15(8-6-14)24(21,22)16-9-11-3-2-4-13(11,10-16)12(17)18/h11H,2-10H2,1H3,(H,17,18)/t11-,13+/m0/s1. The average Bonchev–Trinajstić information content (AvgIpc) is 3.04. The van der Waals surface area contributed by atoms with Crippen LogP contribution in [0.25, 0.3) is 0 Å². The maximum absolute atomic E-state index is 12.8. The van der Waals surface area contributed by atoms with Crippen molar-refractivity contribution >= 4 is 26.2 Å². The summed E-state index contributed by atoms with van der Waals surface area (Å²) in [6, 6.07) is 0. The van der Waals surface area contributed by atoms with E-state index in [1.807, 2.05) is 0 Å². The van der Waals surface area contributed by atoms with Gasteiger partial charge in [-0.25, -0.2) is 8.42 Å². The summed E-state index contributed by atoms with van der Waals surface area (Å²) >= 11 is 0. The molecule has 24 heavy (non-hydrogen) atoms. The van der Waals surface area contributed by atoms with Gasteiger partial charge in [-0.15, -0.1) is 0 Å². The smallest absolute Gasteiger partial charge is 0.311 e. The van der Waals surface area contributed by atoms with Crippen LogP contribution in [0.2, 0.25) is 0 Å². The summed E-state index contributed by atoms with van der Waals surface area (Å²) in [6.45, 7) is 0.689. The predicted octanol–water partition coefficient (Wildman–Crippen LogP) is -1.00. The number of carboxylic acid groups (broad SMARTS) is 1. The van der Waals surface area contributed by atoms with Gasteiger partial charge in [0.25, 0.3) is 10.2 Å². The highest BCUT2D eigenvalue weighted by atomic mass is 32.2. The summed E-state index contributed by atoms with van der Waals surface area (Å²) in [7, 11) is -7.09. The average molecular weight is 381 g/mol. The number of piperazine rings is 1. The van der Waals surface area contributed by atoms with Crippen molar-refractivity contribution in [3.63, 3.8) is 0 Å². The van der Waals surface area contributed by atoms with E-state index in [-0.39, 0.29) is 45.2 Å². The van der Waals surface area contributed by atoms with Gasteiger partial charge < -0.3 is 5.11 Å². The quantitative estimate of drug-likeness (QED) is 0.668. The van der Waals surface area contributed by atoms with Crippen LogP contribution in [0, 0.1) is 11.3 Å². The van der Waals surface area contributed by atoms with Crippen LogP contribution in [-0.4, -0.2) is 86.4 Å². The highest BCUT2D eigenvalue weighted by Crippen LogP contribution is 2.49. The molecule has 2 heterocycles. The fourth-order valence-electron chi connectivity index (χ4n) is 4.16. The van der Waals surface area contributed by atoms with E-state index in [1.165, 1.54) is 12.9 Å². The van der Waals surface area contributed by atoms with Crippen molar-refractivity contribution in [1.29, 1.82) is 0 Å². The van der Waals surface area contributed by atoms with Gasteiger partial charge in [-0.05, 0) is 18.8 Å². The number of nitrogens with zero attached hydrogens (tertiary/aromatic N) is 3. The van der Waals surface area contributed by atoms with E-state index in [4.69, 9.17) is 0 Å². The van der Waals surface area contributed by atoms with Crippen LogP contribution in [0.4, 0.5) is 0 Å². The van der Waals surface area contributed by atoms with Crippen LogP contribution in [-0.2, 0) is 25.0 Å². The van der Waals surface area contributed by atoms with Gasteiger partial charge in [-0.2, -0.15) is 21.3 Å². The van der Waals surface area contributed by atoms with Crippen LogP contribution in [0.15, 0.2) is 0 Å². The van der Waals surface area contributed by atoms with E-state index in [0.29, 0.717) is 6.42 Å². The van der Waals surface area contributed by atoms with Crippen LogP contribution in [0.5, 0.6) is 0 Å². The lowest BCUT2D eigenvalue weighted by molar-refractivity contribution is -0.149. The normalized spacial score (nSPS) is 33.6. The SMILES string of the molecule is CS(=O)(=O)N1CCN(S(=O)(=O)N2C[C@@H]3CCC[C@@]3(C(=O)O)C2)CC1. The Morgan fingerprint density at radius 3 is 2.12 bits per heavy atom. The van der Waals surface area contributed by atoms with Gasteiger partial charge in [-0.1, -0.05) is 6.42 Å². The Morgan fingerprint density at radius 1 is 1.04 bits per heavy atom. The molecule has 2 saturated heterocycles. The first-order chi connectivity index (χ1) is 11.1. The molecule has 1 N–H and O–H groups in total.